The second-order valence-electron chi connectivity index (χ2n) is 5.69. The van der Waals surface area contributed by atoms with Crippen LogP contribution in [0.3, 0.4) is 0 Å². The number of ether oxygens (including phenoxy) is 1. The molecule has 0 bridgehead atoms. The zero-order valence-electron chi connectivity index (χ0n) is 13.4. The van der Waals surface area contributed by atoms with E-state index in [2.05, 4.69) is 5.32 Å². The molecule has 4 nitrogen and oxygen atoms in total. The van der Waals surface area contributed by atoms with Gasteiger partial charge in [-0.2, -0.15) is 0 Å². The molecule has 0 radical (unpaired) electrons. The van der Waals surface area contributed by atoms with Gasteiger partial charge in [-0.3, -0.25) is 4.79 Å². The van der Waals surface area contributed by atoms with Crippen molar-refractivity contribution in [2.45, 2.75) is 24.2 Å². The maximum Gasteiger partial charge on any atom is 0.224 e. The van der Waals surface area contributed by atoms with Gasteiger partial charge in [-0.25, -0.2) is 0 Å². The average Bonchev–Trinajstić information content (AvgIpc) is 2.61. The number of carbonyl (C=O) groups excluding carboxylic acids is 1. The summed E-state index contributed by atoms with van der Waals surface area (Å²) in [6.45, 7) is 0.470. The Bertz CT molecular complexity index is 785. The van der Waals surface area contributed by atoms with E-state index in [1.54, 1.807) is 18.2 Å². The molecule has 1 heterocycles. The van der Waals surface area contributed by atoms with Crippen LogP contribution in [0.15, 0.2) is 41.3 Å². The zero-order chi connectivity index (χ0) is 17.8. The van der Waals surface area contributed by atoms with E-state index in [1.165, 1.54) is 0 Å². The summed E-state index contributed by atoms with van der Waals surface area (Å²) in [6, 6.07) is 10.7. The first-order valence-corrected chi connectivity index (χ1v) is 9.99. The molecule has 132 valence electrons. The minimum Gasteiger partial charge on any atom is -0.611 e. The van der Waals surface area contributed by atoms with Crippen LogP contribution in [-0.2, 0) is 22.4 Å². The Morgan fingerprint density at radius 3 is 2.76 bits per heavy atom. The van der Waals surface area contributed by atoms with Crippen LogP contribution in [0.2, 0.25) is 10.0 Å². The van der Waals surface area contributed by atoms with E-state index in [4.69, 9.17) is 27.9 Å². The summed E-state index contributed by atoms with van der Waals surface area (Å²) in [4.78, 5) is 12.0. The van der Waals surface area contributed by atoms with Gasteiger partial charge in [0.1, 0.15) is 11.5 Å². The summed E-state index contributed by atoms with van der Waals surface area (Å²) in [6.07, 6.45) is 1.87. The van der Waals surface area contributed by atoms with Crippen molar-refractivity contribution < 1.29 is 14.1 Å². The largest absolute Gasteiger partial charge is 0.611 e. The van der Waals surface area contributed by atoms with Gasteiger partial charge in [-0.05, 0) is 53.5 Å². The third kappa shape index (κ3) is 4.82. The molecule has 0 aliphatic carbocycles. The minimum absolute atomic E-state index is 0.0472. The van der Waals surface area contributed by atoms with Gasteiger partial charge in [0, 0.05) is 24.6 Å². The molecule has 1 aliphatic heterocycles. The first-order chi connectivity index (χ1) is 12.0. The lowest BCUT2D eigenvalue weighted by Crippen LogP contribution is -2.18. The van der Waals surface area contributed by atoms with Crippen molar-refractivity contribution >= 4 is 46.0 Å². The number of hydrogen-bond acceptors (Lipinski definition) is 3. The van der Waals surface area contributed by atoms with E-state index in [9.17, 15) is 9.35 Å². The SMILES string of the molecule is O=C1CCc2cc(OCCC[S+]([O-])c3ccc(Cl)c(Cl)c3)ccc2N1. The number of benzene rings is 2. The van der Waals surface area contributed by atoms with Gasteiger partial charge in [-0.1, -0.05) is 23.2 Å². The molecule has 1 amide bonds. The van der Waals surface area contributed by atoms with Crippen molar-refractivity contribution in [3.8, 4) is 5.75 Å². The summed E-state index contributed by atoms with van der Waals surface area (Å²) >= 11 is 10.7. The standard InChI is InChI=1S/C18H17Cl2NO3S/c19-15-5-4-14(11-16(15)20)25(23)9-1-8-24-13-3-6-17-12(10-13)2-7-18(22)21-17/h3-6,10-11H,1-2,7-9H2,(H,21,22). The highest BCUT2D eigenvalue weighted by Crippen LogP contribution is 2.27. The molecule has 2 aromatic rings. The molecule has 0 fully saturated rings. The van der Waals surface area contributed by atoms with Gasteiger partial charge in [0.15, 0.2) is 4.90 Å². The molecule has 1 aliphatic rings. The van der Waals surface area contributed by atoms with Crippen LogP contribution < -0.4 is 10.1 Å². The lowest BCUT2D eigenvalue weighted by atomic mass is 10.0. The van der Waals surface area contributed by atoms with Gasteiger partial charge in [-0.15, -0.1) is 0 Å². The number of halogens is 2. The van der Waals surface area contributed by atoms with Gasteiger partial charge in [0.25, 0.3) is 0 Å². The van der Waals surface area contributed by atoms with Crippen LogP contribution in [0.1, 0.15) is 18.4 Å². The molecule has 3 rings (SSSR count). The molecular weight excluding hydrogens is 381 g/mol. The highest BCUT2D eigenvalue weighted by Gasteiger charge is 2.15. The van der Waals surface area contributed by atoms with E-state index < -0.39 is 11.2 Å². The number of hydrogen-bond donors (Lipinski definition) is 1. The summed E-state index contributed by atoms with van der Waals surface area (Å²) in [7, 11) is 0. The molecular formula is C18H17Cl2NO3S. The highest BCUT2D eigenvalue weighted by molar-refractivity contribution is 7.91. The smallest absolute Gasteiger partial charge is 0.224 e. The number of fused-ring (bicyclic) bond motifs is 1. The number of carbonyl (C=O) groups is 1. The fourth-order valence-electron chi connectivity index (χ4n) is 2.57. The quantitative estimate of drug-likeness (QED) is 0.578. The number of rotatable bonds is 6. The number of nitrogens with one attached hydrogen (secondary N) is 1. The monoisotopic (exact) mass is 397 g/mol. The van der Waals surface area contributed by atoms with Crippen molar-refractivity contribution in [3.63, 3.8) is 0 Å². The fourth-order valence-corrected chi connectivity index (χ4v) is 4.01. The Morgan fingerprint density at radius 2 is 1.96 bits per heavy atom. The van der Waals surface area contributed by atoms with Crippen molar-refractivity contribution in [3.05, 3.63) is 52.0 Å². The van der Waals surface area contributed by atoms with Crippen LogP contribution in [0.4, 0.5) is 5.69 Å². The summed E-state index contributed by atoms with van der Waals surface area (Å²) in [5.41, 5.74) is 1.93. The van der Waals surface area contributed by atoms with Gasteiger partial charge in [0.05, 0.1) is 16.7 Å². The third-order valence-corrected chi connectivity index (χ3v) is 6.05. The van der Waals surface area contributed by atoms with Gasteiger partial charge >= 0.3 is 0 Å². The molecule has 7 heteroatoms. The third-order valence-electron chi connectivity index (χ3n) is 3.87. The van der Waals surface area contributed by atoms with E-state index in [0.29, 0.717) is 40.1 Å². The maximum atomic E-state index is 12.3. The first-order valence-electron chi connectivity index (χ1n) is 7.92. The Balaban J connectivity index is 1.48. The molecule has 1 N–H and O–H groups in total. The van der Waals surface area contributed by atoms with Crippen LogP contribution >= 0.6 is 23.2 Å². The summed E-state index contributed by atoms with van der Waals surface area (Å²) in [5, 5.41) is 3.70. The molecule has 0 saturated heterocycles. The van der Waals surface area contributed by atoms with E-state index in [1.807, 2.05) is 18.2 Å². The van der Waals surface area contributed by atoms with Crippen LogP contribution in [0.25, 0.3) is 0 Å². The molecule has 1 unspecified atom stereocenters. The molecule has 0 spiro atoms. The molecule has 0 aromatic heterocycles. The lowest BCUT2D eigenvalue weighted by molar-refractivity contribution is -0.116. The van der Waals surface area contributed by atoms with Crippen molar-refractivity contribution in [1.82, 2.24) is 0 Å². The molecule has 25 heavy (non-hydrogen) atoms. The zero-order valence-corrected chi connectivity index (χ0v) is 15.7. The Labute approximate surface area is 159 Å². The number of amides is 1. The van der Waals surface area contributed by atoms with Crippen molar-refractivity contribution in [1.29, 1.82) is 0 Å². The second-order valence-corrected chi connectivity index (χ2v) is 8.08. The Hall–Kier alpha value is -1.40. The first kappa shape index (κ1) is 18.4. The van der Waals surface area contributed by atoms with E-state index in [-0.39, 0.29) is 5.91 Å². The highest BCUT2D eigenvalue weighted by atomic mass is 35.5. The van der Waals surface area contributed by atoms with Gasteiger partial charge < -0.3 is 14.6 Å². The van der Waals surface area contributed by atoms with E-state index >= 15 is 0 Å². The molecule has 0 saturated carbocycles. The van der Waals surface area contributed by atoms with Gasteiger partial charge in [0.2, 0.25) is 5.91 Å². The molecule has 2 aromatic carbocycles. The summed E-state index contributed by atoms with van der Waals surface area (Å²) in [5.74, 6) is 1.29. The number of anilines is 1. The van der Waals surface area contributed by atoms with E-state index in [0.717, 1.165) is 23.4 Å². The Kier molecular flexibility index (Phi) is 6.12. The lowest BCUT2D eigenvalue weighted by Gasteiger charge is -2.17. The van der Waals surface area contributed by atoms with Crippen LogP contribution in [0, 0.1) is 0 Å². The van der Waals surface area contributed by atoms with Crippen LogP contribution in [-0.4, -0.2) is 22.8 Å². The topological polar surface area (TPSA) is 61.4 Å². The maximum absolute atomic E-state index is 12.3. The second kappa shape index (κ2) is 8.32. The predicted octanol–water partition coefficient (Wildman–Crippen LogP) is 4.45. The summed E-state index contributed by atoms with van der Waals surface area (Å²) < 4.78 is 18.0. The van der Waals surface area contributed by atoms with Crippen LogP contribution in [0.5, 0.6) is 5.75 Å². The van der Waals surface area contributed by atoms with Crippen molar-refractivity contribution in [2.75, 3.05) is 17.7 Å². The Morgan fingerprint density at radius 1 is 1.12 bits per heavy atom. The normalized spacial score (nSPS) is 14.6. The predicted molar refractivity (Wildman–Crippen MR) is 101 cm³/mol. The fraction of sp³-hybridized carbons (Fsp3) is 0.278. The average molecular weight is 398 g/mol. The number of aryl methyl sites for hydroxylation is 1. The van der Waals surface area contributed by atoms with Crippen molar-refractivity contribution in [2.24, 2.45) is 0 Å². The molecule has 1 atom stereocenters. The minimum atomic E-state index is -1.14.